The molecule has 10 nitrogen and oxygen atoms in total. The lowest BCUT2D eigenvalue weighted by atomic mass is 10.1. The summed E-state index contributed by atoms with van der Waals surface area (Å²) in [5, 5.41) is 16.4. The normalized spacial score (nSPS) is 14.3. The zero-order chi connectivity index (χ0) is 25.1. The summed E-state index contributed by atoms with van der Waals surface area (Å²) < 4.78 is 5.67. The fourth-order valence-electron chi connectivity index (χ4n) is 3.53. The van der Waals surface area contributed by atoms with E-state index in [0.717, 1.165) is 10.5 Å². The number of nitrogens with zero attached hydrogens (tertiary/aromatic N) is 2. The van der Waals surface area contributed by atoms with Crippen molar-refractivity contribution in [1.29, 1.82) is 0 Å². The summed E-state index contributed by atoms with van der Waals surface area (Å²) in [5.41, 5.74) is 1.61. The molecule has 2 heterocycles. The van der Waals surface area contributed by atoms with Crippen LogP contribution in [0.25, 0.3) is 17.4 Å². The highest BCUT2D eigenvalue weighted by atomic mass is 35.5. The van der Waals surface area contributed by atoms with E-state index in [-0.39, 0.29) is 27.9 Å². The second-order valence-corrected chi connectivity index (χ2v) is 7.97. The van der Waals surface area contributed by atoms with Gasteiger partial charge in [0.05, 0.1) is 9.95 Å². The summed E-state index contributed by atoms with van der Waals surface area (Å²) in [4.78, 5) is 48.8. The second-order valence-electron chi connectivity index (χ2n) is 7.56. The van der Waals surface area contributed by atoms with Crippen LogP contribution < -0.4 is 10.6 Å². The number of hydrogen-bond acceptors (Lipinski definition) is 6. The third-order valence-corrected chi connectivity index (χ3v) is 5.61. The van der Waals surface area contributed by atoms with E-state index in [4.69, 9.17) is 16.0 Å². The van der Waals surface area contributed by atoms with E-state index in [9.17, 15) is 24.5 Å². The number of hydrogen-bond donors (Lipinski definition) is 2. The van der Waals surface area contributed by atoms with Crippen LogP contribution in [0.4, 0.5) is 16.2 Å². The van der Waals surface area contributed by atoms with Crippen molar-refractivity contribution in [3.8, 4) is 11.3 Å². The fraction of sp³-hybridized carbons (Fsp3) is 0.125. The first-order valence-corrected chi connectivity index (χ1v) is 10.9. The van der Waals surface area contributed by atoms with E-state index in [1.54, 1.807) is 12.1 Å². The average molecular weight is 495 g/mol. The maximum atomic E-state index is 12.7. The van der Waals surface area contributed by atoms with Crippen LogP contribution in [-0.4, -0.2) is 34.2 Å². The lowest BCUT2D eigenvalue weighted by Gasteiger charge is -2.13. The third-order valence-electron chi connectivity index (χ3n) is 5.28. The smallest absolute Gasteiger partial charge is 0.329 e. The molecule has 2 aromatic carbocycles. The lowest BCUT2D eigenvalue weighted by molar-refractivity contribution is -0.384. The summed E-state index contributed by atoms with van der Waals surface area (Å²) in [6.45, 7) is 1.49. The van der Waals surface area contributed by atoms with Crippen LogP contribution in [0.5, 0.6) is 0 Å². The Morgan fingerprint density at radius 1 is 1.20 bits per heavy atom. The summed E-state index contributed by atoms with van der Waals surface area (Å²) in [5.74, 6) is -0.765. The Morgan fingerprint density at radius 3 is 2.71 bits per heavy atom. The number of rotatable bonds is 7. The number of non-ortho nitro benzene ring substituents is 1. The fourth-order valence-corrected chi connectivity index (χ4v) is 3.74. The molecule has 3 aromatic rings. The molecular formula is C24H19ClN4O6. The number of benzene rings is 2. The van der Waals surface area contributed by atoms with E-state index in [2.05, 4.69) is 10.6 Å². The Morgan fingerprint density at radius 2 is 1.97 bits per heavy atom. The number of urea groups is 1. The Kier molecular flexibility index (Phi) is 6.65. The number of anilines is 1. The SMILES string of the molecule is CCc1ccccc1NC(=O)CN1C(=O)N/C(=C/c2ccc(-c3cc([N+](=O)[O-])ccc3Cl)o2)C1=O. The van der Waals surface area contributed by atoms with Crippen LogP contribution in [0.2, 0.25) is 5.02 Å². The van der Waals surface area contributed by atoms with E-state index in [0.29, 0.717) is 17.7 Å². The van der Waals surface area contributed by atoms with Crippen molar-refractivity contribution in [2.75, 3.05) is 11.9 Å². The minimum absolute atomic E-state index is 0.0807. The molecule has 0 saturated carbocycles. The number of para-hydroxylation sites is 1. The molecule has 1 aliphatic rings. The van der Waals surface area contributed by atoms with Gasteiger partial charge in [-0.15, -0.1) is 0 Å². The Hall–Kier alpha value is -4.44. The molecule has 0 bridgehead atoms. The van der Waals surface area contributed by atoms with Gasteiger partial charge in [0.2, 0.25) is 5.91 Å². The number of carbonyl (C=O) groups is 3. The maximum Gasteiger partial charge on any atom is 0.329 e. The topological polar surface area (TPSA) is 135 Å². The highest BCUT2D eigenvalue weighted by molar-refractivity contribution is 6.33. The van der Waals surface area contributed by atoms with Gasteiger partial charge in [-0.1, -0.05) is 36.7 Å². The monoisotopic (exact) mass is 494 g/mol. The van der Waals surface area contributed by atoms with Gasteiger partial charge in [0.15, 0.2) is 0 Å². The van der Waals surface area contributed by atoms with Gasteiger partial charge in [0, 0.05) is 29.5 Å². The van der Waals surface area contributed by atoms with Gasteiger partial charge in [-0.05, 0) is 36.2 Å². The Labute approximate surface area is 204 Å². The van der Waals surface area contributed by atoms with Gasteiger partial charge in [-0.2, -0.15) is 0 Å². The first kappa shape index (κ1) is 23.7. The van der Waals surface area contributed by atoms with Gasteiger partial charge < -0.3 is 15.1 Å². The zero-order valence-electron chi connectivity index (χ0n) is 18.4. The number of aryl methyl sites for hydroxylation is 1. The highest BCUT2D eigenvalue weighted by Crippen LogP contribution is 2.33. The number of amides is 4. The van der Waals surface area contributed by atoms with E-state index in [1.807, 2.05) is 19.1 Å². The number of nitro groups is 1. The lowest BCUT2D eigenvalue weighted by Crippen LogP contribution is -2.38. The van der Waals surface area contributed by atoms with Gasteiger partial charge >= 0.3 is 6.03 Å². The molecule has 0 aliphatic carbocycles. The van der Waals surface area contributed by atoms with Crippen LogP contribution in [0, 0.1) is 10.1 Å². The highest BCUT2D eigenvalue weighted by Gasteiger charge is 2.35. The first-order chi connectivity index (χ1) is 16.8. The number of halogens is 1. The quantitative estimate of drug-likeness (QED) is 0.213. The van der Waals surface area contributed by atoms with Crippen LogP contribution >= 0.6 is 11.6 Å². The largest absolute Gasteiger partial charge is 0.457 e. The summed E-state index contributed by atoms with van der Waals surface area (Å²) >= 11 is 6.15. The molecule has 0 unspecified atom stereocenters. The predicted molar refractivity (Wildman–Crippen MR) is 128 cm³/mol. The molecular weight excluding hydrogens is 476 g/mol. The molecule has 1 fully saturated rings. The second kappa shape index (κ2) is 9.82. The van der Waals surface area contributed by atoms with Crippen LogP contribution in [0.1, 0.15) is 18.2 Å². The molecule has 1 aliphatic heterocycles. The van der Waals surface area contributed by atoms with Crippen molar-refractivity contribution in [2.24, 2.45) is 0 Å². The maximum absolute atomic E-state index is 12.7. The van der Waals surface area contributed by atoms with E-state index >= 15 is 0 Å². The molecule has 4 amide bonds. The standard InChI is InChI=1S/C24H19ClN4O6/c1-2-14-5-3-4-6-19(14)26-22(30)13-28-23(31)20(27-24(28)32)12-16-8-10-21(35-16)17-11-15(29(33)34)7-9-18(17)25/h3-12H,2,13H2,1H3,(H,26,30)(H,27,32)/b20-12+. The summed E-state index contributed by atoms with van der Waals surface area (Å²) in [7, 11) is 0. The Bertz CT molecular complexity index is 1380. The van der Waals surface area contributed by atoms with Crippen LogP contribution in [0.15, 0.2) is 64.7 Å². The van der Waals surface area contributed by atoms with Gasteiger partial charge in [-0.3, -0.25) is 19.7 Å². The molecule has 0 atom stereocenters. The minimum atomic E-state index is -0.742. The predicted octanol–water partition coefficient (Wildman–Crippen LogP) is 4.60. The first-order valence-electron chi connectivity index (χ1n) is 10.5. The molecule has 0 spiro atoms. The number of furan rings is 1. The van der Waals surface area contributed by atoms with Gasteiger partial charge in [0.25, 0.3) is 11.6 Å². The van der Waals surface area contributed by atoms with Crippen molar-refractivity contribution < 1.29 is 23.7 Å². The molecule has 0 radical (unpaired) electrons. The summed E-state index contributed by atoms with van der Waals surface area (Å²) in [6.07, 6.45) is 2.01. The molecule has 4 rings (SSSR count). The molecule has 2 N–H and O–H groups in total. The van der Waals surface area contributed by atoms with Gasteiger partial charge in [-0.25, -0.2) is 9.69 Å². The molecule has 35 heavy (non-hydrogen) atoms. The van der Waals surface area contributed by atoms with Crippen molar-refractivity contribution in [3.05, 3.63) is 86.8 Å². The number of imide groups is 1. The molecule has 1 saturated heterocycles. The number of nitrogens with one attached hydrogen (secondary N) is 2. The molecule has 178 valence electrons. The number of carbonyl (C=O) groups excluding carboxylic acids is 3. The molecule has 1 aromatic heterocycles. The van der Waals surface area contributed by atoms with Crippen LogP contribution in [0.3, 0.4) is 0 Å². The molecule has 11 heteroatoms. The van der Waals surface area contributed by atoms with Crippen molar-refractivity contribution in [3.63, 3.8) is 0 Å². The van der Waals surface area contributed by atoms with E-state index in [1.165, 1.54) is 36.4 Å². The van der Waals surface area contributed by atoms with Crippen LogP contribution in [-0.2, 0) is 16.0 Å². The Balaban J connectivity index is 1.49. The van der Waals surface area contributed by atoms with Crippen molar-refractivity contribution in [1.82, 2.24) is 10.2 Å². The van der Waals surface area contributed by atoms with Gasteiger partial charge in [0.1, 0.15) is 23.8 Å². The van der Waals surface area contributed by atoms with Crippen molar-refractivity contribution in [2.45, 2.75) is 13.3 Å². The van der Waals surface area contributed by atoms with Crippen molar-refractivity contribution >= 4 is 46.9 Å². The third kappa shape index (κ3) is 5.07. The minimum Gasteiger partial charge on any atom is -0.457 e. The number of nitro benzene ring substituents is 1. The average Bonchev–Trinajstić information content (AvgIpc) is 3.39. The zero-order valence-corrected chi connectivity index (χ0v) is 19.2. The van der Waals surface area contributed by atoms with E-state index < -0.39 is 29.3 Å². The summed E-state index contributed by atoms with van der Waals surface area (Å²) in [6, 6.07) is 13.5.